The van der Waals surface area contributed by atoms with Crippen molar-refractivity contribution in [3.63, 3.8) is 0 Å². The molecule has 1 saturated carbocycles. The van der Waals surface area contributed by atoms with Crippen LogP contribution in [0.4, 0.5) is 0 Å². The molecule has 2 heteroatoms. The van der Waals surface area contributed by atoms with Crippen LogP contribution in [0.3, 0.4) is 0 Å². The van der Waals surface area contributed by atoms with Gasteiger partial charge >= 0.3 is 0 Å². The van der Waals surface area contributed by atoms with Gasteiger partial charge in [0.2, 0.25) is 0 Å². The molecular formula is C15H25NO. The van der Waals surface area contributed by atoms with Crippen molar-refractivity contribution in [2.75, 3.05) is 0 Å². The maximum Gasteiger partial charge on any atom is 0.133 e. The SMILES string of the molecule is CC(C)[C@H]1CCC(=O)C[C@@H]1CCCCCC#N. The molecule has 0 N–H and O–H groups in total. The summed E-state index contributed by atoms with van der Waals surface area (Å²) in [4.78, 5) is 11.5. The Morgan fingerprint density at radius 2 is 2.12 bits per heavy atom. The molecule has 0 radical (unpaired) electrons. The Morgan fingerprint density at radius 1 is 1.35 bits per heavy atom. The van der Waals surface area contributed by atoms with Gasteiger partial charge in [0.15, 0.2) is 0 Å². The predicted molar refractivity (Wildman–Crippen MR) is 69.4 cm³/mol. The van der Waals surface area contributed by atoms with Crippen LogP contribution in [0.5, 0.6) is 0 Å². The smallest absolute Gasteiger partial charge is 0.133 e. The largest absolute Gasteiger partial charge is 0.300 e. The summed E-state index contributed by atoms with van der Waals surface area (Å²) >= 11 is 0. The first-order valence-corrected chi connectivity index (χ1v) is 7.03. The minimum atomic E-state index is 0.462. The van der Waals surface area contributed by atoms with Gasteiger partial charge in [-0.25, -0.2) is 0 Å². The third-order valence-corrected chi connectivity index (χ3v) is 4.07. The van der Waals surface area contributed by atoms with E-state index in [0.29, 0.717) is 24.0 Å². The molecule has 0 aromatic rings. The van der Waals surface area contributed by atoms with Crippen molar-refractivity contribution < 1.29 is 4.79 Å². The number of hydrogen-bond donors (Lipinski definition) is 0. The third-order valence-electron chi connectivity index (χ3n) is 4.07. The first-order chi connectivity index (χ1) is 8.15. The predicted octanol–water partition coefficient (Wildman–Crippen LogP) is 4.10. The van der Waals surface area contributed by atoms with Gasteiger partial charge in [-0.3, -0.25) is 4.79 Å². The fourth-order valence-electron chi connectivity index (χ4n) is 3.09. The van der Waals surface area contributed by atoms with E-state index in [4.69, 9.17) is 5.26 Å². The highest BCUT2D eigenvalue weighted by atomic mass is 16.1. The van der Waals surface area contributed by atoms with Gasteiger partial charge in [0.1, 0.15) is 5.78 Å². The Labute approximate surface area is 105 Å². The van der Waals surface area contributed by atoms with E-state index in [1.54, 1.807) is 0 Å². The lowest BCUT2D eigenvalue weighted by atomic mass is 9.71. The molecule has 0 aliphatic heterocycles. The summed E-state index contributed by atoms with van der Waals surface area (Å²) in [6.45, 7) is 4.56. The minimum absolute atomic E-state index is 0.462. The van der Waals surface area contributed by atoms with Crippen molar-refractivity contribution in [1.82, 2.24) is 0 Å². The molecule has 2 atom stereocenters. The quantitative estimate of drug-likeness (QED) is 0.650. The monoisotopic (exact) mass is 235 g/mol. The molecule has 1 aliphatic rings. The zero-order chi connectivity index (χ0) is 12.7. The summed E-state index contributed by atoms with van der Waals surface area (Å²) in [5, 5.41) is 8.47. The first-order valence-electron chi connectivity index (χ1n) is 7.03. The number of ketones is 1. The van der Waals surface area contributed by atoms with E-state index in [2.05, 4.69) is 19.9 Å². The molecule has 2 nitrogen and oxygen atoms in total. The zero-order valence-electron chi connectivity index (χ0n) is 11.2. The van der Waals surface area contributed by atoms with Gasteiger partial charge in [0.05, 0.1) is 6.07 Å². The van der Waals surface area contributed by atoms with Crippen molar-refractivity contribution in [3.05, 3.63) is 0 Å². The first kappa shape index (κ1) is 14.2. The number of rotatable bonds is 6. The summed E-state index contributed by atoms with van der Waals surface area (Å²) in [6, 6.07) is 2.19. The van der Waals surface area contributed by atoms with Crippen LogP contribution in [-0.2, 0) is 4.79 Å². The van der Waals surface area contributed by atoms with Gasteiger partial charge in [-0.1, -0.05) is 26.7 Å². The summed E-state index contributed by atoms with van der Waals surface area (Å²) in [6.07, 6.45) is 7.90. The average Bonchev–Trinajstić information content (AvgIpc) is 2.28. The van der Waals surface area contributed by atoms with E-state index < -0.39 is 0 Å². The van der Waals surface area contributed by atoms with Crippen LogP contribution < -0.4 is 0 Å². The fraction of sp³-hybridized carbons (Fsp3) is 0.867. The number of carbonyl (C=O) groups is 1. The molecule has 0 aromatic heterocycles. The highest BCUT2D eigenvalue weighted by Crippen LogP contribution is 2.36. The lowest BCUT2D eigenvalue weighted by Gasteiger charge is -2.33. The van der Waals surface area contributed by atoms with Gasteiger partial charge in [0, 0.05) is 19.3 Å². The lowest BCUT2D eigenvalue weighted by Crippen LogP contribution is -2.28. The number of hydrogen-bond acceptors (Lipinski definition) is 2. The maximum atomic E-state index is 11.5. The molecule has 0 aromatic carbocycles. The van der Waals surface area contributed by atoms with Gasteiger partial charge in [-0.2, -0.15) is 5.26 Å². The molecule has 96 valence electrons. The molecule has 0 saturated heterocycles. The number of nitrogens with zero attached hydrogens (tertiary/aromatic N) is 1. The molecule has 0 bridgehead atoms. The van der Waals surface area contributed by atoms with Gasteiger partial charge in [-0.05, 0) is 37.0 Å². The van der Waals surface area contributed by atoms with Gasteiger partial charge < -0.3 is 0 Å². The summed E-state index contributed by atoms with van der Waals surface area (Å²) in [5.74, 6) is 2.51. The van der Waals surface area contributed by atoms with Gasteiger partial charge in [0.25, 0.3) is 0 Å². The van der Waals surface area contributed by atoms with Crippen LogP contribution in [0.25, 0.3) is 0 Å². The number of carbonyl (C=O) groups excluding carboxylic acids is 1. The Balaban J connectivity index is 2.31. The Hall–Kier alpha value is -0.840. The summed E-state index contributed by atoms with van der Waals surface area (Å²) < 4.78 is 0. The van der Waals surface area contributed by atoms with Crippen molar-refractivity contribution >= 4 is 5.78 Å². The number of Topliss-reactive ketones (excluding diaryl/α,β-unsaturated/α-hetero) is 1. The van der Waals surface area contributed by atoms with Crippen molar-refractivity contribution in [2.45, 2.75) is 65.2 Å². The van der Waals surface area contributed by atoms with Crippen molar-refractivity contribution in [2.24, 2.45) is 17.8 Å². The van der Waals surface area contributed by atoms with Gasteiger partial charge in [-0.15, -0.1) is 0 Å². The molecule has 0 amide bonds. The Bertz CT molecular complexity index is 277. The third kappa shape index (κ3) is 4.89. The second-order valence-electron chi connectivity index (χ2n) is 5.71. The normalized spacial score (nSPS) is 24.9. The van der Waals surface area contributed by atoms with Crippen LogP contribution in [0.2, 0.25) is 0 Å². The van der Waals surface area contributed by atoms with Crippen LogP contribution in [0, 0.1) is 29.1 Å². The van der Waals surface area contributed by atoms with Crippen molar-refractivity contribution in [1.29, 1.82) is 5.26 Å². The van der Waals surface area contributed by atoms with Crippen LogP contribution in [0.1, 0.15) is 65.2 Å². The summed E-state index contributed by atoms with van der Waals surface area (Å²) in [5.41, 5.74) is 0. The van der Waals surface area contributed by atoms with Crippen LogP contribution >= 0.6 is 0 Å². The van der Waals surface area contributed by atoms with E-state index in [-0.39, 0.29) is 0 Å². The van der Waals surface area contributed by atoms with E-state index in [9.17, 15) is 4.79 Å². The van der Waals surface area contributed by atoms with E-state index in [1.807, 2.05) is 0 Å². The highest BCUT2D eigenvalue weighted by Gasteiger charge is 2.30. The summed E-state index contributed by atoms with van der Waals surface area (Å²) in [7, 11) is 0. The van der Waals surface area contributed by atoms with E-state index in [1.165, 1.54) is 12.8 Å². The second-order valence-corrected chi connectivity index (χ2v) is 5.71. The maximum absolute atomic E-state index is 11.5. The molecule has 1 aliphatic carbocycles. The van der Waals surface area contributed by atoms with E-state index in [0.717, 1.165) is 38.0 Å². The average molecular weight is 235 g/mol. The molecule has 0 heterocycles. The number of nitriles is 1. The standard InChI is InChI=1S/C15H25NO/c1-12(2)15-9-8-14(17)11-13(15)7-5-3-4-6-10-16/h12-13,15H,3-9,11H2,1-2H3/t13-,15+/m0/s1. The molecule has 0 spiro atoms. The Morgan fingerprint density at radius 3 is 2.76 bits per heavy atom. The fourth-order valence-corrected chi connectivity index (χ4v) is 3.09. The zero-order valence-corrected chi connectivity index (χ0v) is 11.2. The minimum Gasteiger partial charge on any atom is -0.300 e. The topological polar surface area (TPSA) is 40.9 Å². The Kier molecular flexibility index (Phi) is 6.26. The second kappa shape index (κ2) is 7.48. The molecule has 0 unspecified atom stereocenters. The lowest BCUT2D eigenvalue weighted by molar-refractivity contribution is -0.123. The molecule has 1 rings (SSSR count). The van der Waals surface area contributed by atoms with Crippen LogP contribution in [0.15, 0.2) is 0 Å². The molecular weight excluding hydrogens is 210 g/mol. The molecule has 17 heavy (non-hydrogen) atoms. The highest BCUT2D eigenvalue weighted by molar-refractivity contribution is 5.79. The van der Waals surface area contributed by atoms with Crippen LogP contribution in [-0.4, -0.2) is 5.78 Å². The number of unbranched alkanes of at least 4 members (excludes halogenated alkanes) is 3. The molecule has 1 fully saturated rings. The van der Waals surface area contributed by atoms with Crippen molar-refractivity contribution in [3.8, 4) is 6.07 Å². The van der Waals surface area contributed by atoms with E-state index >= 15 is 0 Å².